The third-order valence-corrected chi connectivity index (χ3v) is 7.84. The summed E-state index contributed by atoms with van der Waals surface area (Å²) in [4.78, 5) is 51.6. The van der Waals surface area contributed by atoms with E-state index in [4.69, 9.17) is 24.1 Å². The molecule has 0 aromatic heterocycles. The first-order chi connectivity index (χ1) is 19.5. The van der Waals surface area contributed by atoms with Gasteiger partial charge in [-0.25, -0.2) is 0 Å². The average molecular weight is 601 g/mol. The zero-order chi connectivity index (χ0) is 31.7. The van der Waals surface area contributed by atoms with Crippen LogP contribution in [0.25, 0.3) is 0 Å². The Kier molecular flexibility index (Phi) is 12.7. The van der Waals surface area contributed by atoms with Crippen molar-refractivity contribution < 1.29 is 19.2 Å². The summed E-state index contributed by atoms with van der Waals surface area (Å²) < 4.78 is -0.509. The van der Waals surface area contributed by atoms with Gasteiger partial charge in [0.2, 0.25) is 17.6 Å². The Morgan fingerprint density at radius 2 is 1.76 bits per heavy atom. The van der Waals surface area contributed by atoms with Crippen molar-refractivity contribution in [3.05, 3.63) is 60.4 Å². The molecule has 1 saturated heterocycles. The highest BCUT2D eigenvalue weighted by Crippen LogP contribution is 2.32. The number of carbonyl (C=O) groups is 4. The van der Waals surface area contributed by atoms with E-state index in [0.717, 1.165) is 30.7 Å². The van der Waals surface area contributed by atoms with Crippen LogP contribution >= 0.6 is 12.6 Å². The van der Waals surface area contributed by atoms with Crippen LogP contribution in [0.4, 0.5) is 0 Å². The summed E-state index contributed by atoms with van der Waals surface area (Å²) in [5.41, 5.74) is 13.5. The molecule has 0 bridgehead atoms. The molecule has 0 saturated carbocycles. The number of benzene rings is 1. The number of rotatable bonds is 17. The highest BCUT2D eigenvalue weighted by Gasteiger charge is 2.37. The molecule has 1 aliphatic rings. The predicted molar refractivity (Wildman–Crippen MR) is 169 cm³/mol. The highest BCUT2D eigenvalue weighted by atomic mass is 32.1. The molecule has 232 valence electrons. The maximum absolute atomic E-state index is 12.9. The number of nitrogens with one attached hydrogen (secondary N) is 3. The first kappa shape index (κ1) is 34.9. The van der Waals surface area contributed by atoms with Crippen LogP contribution in [0, 0.1) is 0 Å². The molecule has 0 radical (unpaired) electrons. The third kappa shape index (κ3) is 10.8. The summed E-state index contributed by atoms with van der Waals surface area (Å²) in [5.74, 6) is -2.57. The van der Waals surface area contributed by atoms with E-state index in [9.17, 15) is 19.2 Å². The number of primary amides is 1. The van der Waals surface area contributed by atoms with Crippen LogP contribution in [0.2, 0.25) is 0 Å². The van der Waals surface area contributed by atoms with Gasteiger partial charge in [-0.05, 0) is 45.6 Å². The molecule has 11 heteroatoms. The fourth-order valence-electron chi connectivity index (χ4n) is 5.08. The Morgan fingerprint density at radius 1 is 1.12 bits per heavy atom. The zero-order valence-corrected chi connectivity index (χ0v) is 26.3. The van der Waals surface area contributed by atoms with E-state index in [1.807, 2.05) is 33.8 Å². The van der Waals surface area contributed by atoms with Gasteiger partial charge in [-0.3, -0.25) is 19.2 Å². The van der Waals surface area contributed by atoms with E-state index in [0.29, 0.717) is 18.5 Å². The van der Waals surface area contributed by atoms with Crippen molar-refractivity contribution >= 4 is 36.1 Å². The number of Topliss-reactive ketones (excluding diaryl/α,β-unsaturated/α-hetero) is 1. The SMILES string of the molecule is C=C(CC(C)(N)CC)NC(C(=C)N1CCCC1CC(=O)C(=O)NCC(=O)NC(CC(N)=O)c1ccccc1)C(C)(C)S. The molecule has 7 N–H and O–H groups in total. The number of carbonyl (C=O) groups excluding carboxylic acids is 4. The van der Waals surface area contributed by atoms with Gasteiger partial charge in [0.25, 0.3) is 5.91 Å². The largest absolute Gasteiger partial charge is 0.379 e. The third-order valence-electron chi connectivity index (χ3n) is 7.59. The zero-order valence-electron chi connectivity index (χ0n) is 25.4. The lowest BCUT2D eigenvalue weighted by molar-refractivity contribution is -0.139. The Bertz CT molecular complexity index is 1150. The molecular formula is C31H48N6O4S. The van der Waals surface area contributed by atoms with E-state index in [-0.39, 0.29) is 24.9 Å². The van der Waals surface area contributed by atoms with Crippen molar-refractivity contribution in [3.8, 4) is 0 Å². The van der Waals surface area contributed by atoms with Crippen molar-refractivity contribution in [3.63, 3.8) is 0 Å². The first-order valence-corrected chi connectivity index (χ1v) is 14.8. The van der Waals surface area contributed by atoms with E-state index >= 15 is 0 Å². The number of nitrogens with two attached hydrogens (primary N) is 2. The number of thiol groups is 1. The van der Waals surface area contributed by atoms with Gasteiger partial charge in [-0.1, -0.05) is 50.4 Å². The van der Waals surface area contributed by atoms with Crippen LogP contribution in [0.5, 0.6) is 0 Å². The first-order valence-electron chi connectivity index (χ1n) is 14.4. The van der Waals surface area contributed by atoms with Gasteiger partial charge in [-0.15, -0.1) is 0 Å². The number of nitrogens with zero attached hydrogens (tertiary/aromatic N) is 1. The van der Waals surface area contributed by atoms with Gasteiger partial charge >= 0.3 is 0 Å². The second kappa shape index (κ2) is 15.2. The van der Waals surface area contributed by atoms with Gasteiger partial charge in [0.05, 0.1) is 25.0 Å². The lowest BCUT2D eigenvalue weighted by atomic mass is 9.92. The van der Waals surface area contributed by atoms with Crippen molar-refractivity contribution in [1.29, 1.82) is 0 Å². The Balaban J connectivity index is 1.98. The van der Waals surface area contributed by atoms with Gasteiger partial charge in [0.15, 0.2) is 0 Å². The average Bonchev–Trinajstić information content (AvgIpc) is 3.37. The molecule has 2 rings (SSSR count). The molecule has 1 fully saturated rings. The smallest absolute Gasteiger partial charge is 0.287 e. The fourth-order valence-corrected chi connectivity index (χ4v) is 5.29. The molecule has 4 unspecified atom stereocenters. The minimum atomic E-state index is -0.840. The number of ketones is 1. The van der Waals surface area contributed by atoms with Crippen molar-refractivity contribution in [1.82, 2.24) is 20.9 Å². The van der Waals surface area contributed by atoms with Crippen LogP contribution in [-0.2, 0) is 19.2 Å². The second-order valence-electron chi connectivity index (χ2n) is 12.0. The molecule has 3 amide bonds. The Labute approximate surface area is 255 Å². The second-order valence-corrected chi connectivity index (χ2v) is 13.2. The molecule has 4 atom stereocenters. The fraction of sp³-hybridized carbons (Fsp3) is 0.548. The van der Waals surface area contributed by atoms with Crippen LogP contribution in [-0.4, -0.2) is 63.9 Å². The quantitative estimate of drug-likeness (QED) is 0.118. The van der Waals surface area contributed by atoms with Crippen LogP contribution < -0.4 is 27.4 Å². The molecule has 0 aliphatic carbocycles. The Morgan fingerprint density at radius 3 is 2.33 bits per heavy atom. The van der Waals surface area contributed by atoms with Gasteiger partial charge in [0.1, 0.15) is 0 Å². The molecule has 10 nitrogen and oxygen atoms in total. The van der Waals surface area contributed by atoms with Crippen LogP contribution in [0.1, 0.15) is 77.8 Å². The predicted octanol–water partition coefficient (Wildman–Crippen LogP) is 2.47. The molecule has 1 heterocycles. The summed E-state index contributed by atoms with van der Waals surface area (Å²) >= 11 is 4.82. The van der Waals surface area contributed by atoms with Gasteiger partial charge in [-0.2, -0.15) is 12.6 Å². The summed E-state index contributed by atoms with van der Waals surface area (Å²) in [6.45, 7) is 16.8. The maximum Gasteiger partial charge on any atom is 0.287 e. The van der Waals surface area contributed by atoms with Crippen LogP contribution in [0.3, 0.4) is 0 Å². The van der Waals surface area contributed by atoms with E-state index in [1.165, 1.54) is 0 Å². The standard InChI is InChI=1S/C31H48N6O4S/c1-7-31(6,33)18-20(2)35-28(30(4,5)42)21(3)37-15-11-14-23(37)16-25(38)29(41)34-19-27(40)36-24(17-26(32)39)22-12-9-8-10-13-22/h8-10,12-13,23-24,28,35,42H,2-3,7,11,14-19,33H2,1,4-6H3,(H2,32,39)(H,34,41)(H,36,40). The summed E-state index contributed by atoms with van der Waals surface area (Å²) in [7, 11) is 0. The van der Waals surface area contributed by atoms with E-state index in [2.05, 4.69) is 34.0 Å². The Hall–Kier alpha value is -3.31. The molecule has 1 aliphatic heterocycles. The summed E-state index contributed by atoms with van der Waals surface area (Å²) in [5, 5.41) is 8.57. The molecular weight excluding hydrogens is 552 g/mol. The lowest BCUT2D eigenvalue weighted by Gasteiger charge is -2.40. The van der Waals surface area contributed by atoms with E-state index < -0.39 is 46.4 Å². The number of hydrogen-bond acceptors (Lipinski definition) is 8. The number of likely N-dealkylation sites (tertiary alicyclic amines) is 1. The summed E-state index contributed by atoms with van der Waals surface area (Å²) in [6, 6.07) is 7.77. The lowest BCUT2D eigenvalue weighted by Crippen LogP contribution is -2.51. The monoisotopic (exact) mass is 600 g/mol. The minimum Gasteiger partial charge on any atom is -0.379 e. The number of amides is 3. The maximum atomic E-state index is 12.9. The highest BCUT2D eigenvalue weighted by molar-refractivity contribution is 7.81. The van der Waals surface area contributed by atoms with Crippen molar-refractivity contribution in [2.75, 3.05) is 13.1 Å². The topological polar surface area (TPSA) is 160 Å². The number of hydrogen-bond donors (Lipinski definition) is 6. The van der Waals surface area contributed by atoms with E-state index in [1.54, 1.807) is 24.3 Å². The van der Waals surface area contributed by atoms with Crippen LogP contribution in [0.15, 0.2) is 54.9 Å². The molecule has 0 spiro atoms. The van der Waals surface area contributed by atoms with Gasteiger partial charge < -0.3 is 32.3 Å². The minimum absolute atomic E-state index is 0.0157. The van der Waals surface area contributed by atoms with Crippen molar-refractivity contribution in [2.45, 2.75) is 94.6 Å². The summed E-state index contributed by atoms with van der Waals surface area (Å²) in [6.07, 6.45) is 2.84. The molecule has 1 aromatic carbocycles. The van der Waals surface area contributed by atoms with Gasteiger partial charge in [0, 0.05) is 47.1 Å². The normalized spacial score (nSPS) is 17.9. The molecule has 42 heavy (non-hydrogen) atoms. The molecule has 1 aromatic rings. The van der Waals surface area contributed by atoms with Crippen molar-refractivity contribution in [2.24, 2.45) is 11.5 Å².